The van der Waals surface area contributed by atoms with Gasteiger partial charge < -0.3 is 14.5 Å². The van der Waals surface area contributed by atoms with E-state index in [9.17, 15) is 32.9 Å². The molecule has 11 heteroatoms. The van der Waals surface area contributed by atoms with E-state index in [0.717, 1.165) is 0 Å². The van der Waals surface area contributed by atoms with Gasteiger partial charge in [-0.3, -0.25) is 14.9 Å². The summed E-state index contributed by atoms with van der Waals surface area (Å²) in [4.78, 5) is 33.7. The molecule has 1 aromatic heterocycles. The zero-order chi connectivity index (χ0) is 15.5. The van der Waals surface area contributed by atoms with Gasteiger partial charge in [-0.1, -0.05) is 0 Å². The van der Waals surface area contributed by atoms with Crippen LogP contribution in [-0.4, -0.2) is 28.8 Å². The minimum atomic E-state index is -5.32. The van der Waals surface area contributed by atoms with Crippen molar-refractivity contribution in [2.24, 2.45) is 0 Å². The summed E-state index contributed by atoms with van der Waals surface area (Å²) in [6.45, 7) is 1.19. The molecule has 0 aromatic carbocycles. The van der Waals surface area contributed by atoms with Gasteiger partial charge in [0.15, 0.2) is 0 Å². The summed E-state index contributed by atoms with van der Waals surface area (Å²) in [6.07, 6.45) is -4.77. The van der Waals surface area contributed by atoms with Crippen molar-refractivity contribution in [3.63, 3.8) is 0 Å². The number of alkyl halides is 3. The second-order valence-electron chi connectivity index (χ2n) is 3.23. The summed E-state index contributed by atoms with van der Waals surface area (Å²) in [5.41, 5.74) is -3.88. The number of nitrogens with zero attached hydrogens (tertiary/aromatic N) is 1. The van der Waals surface area contributed by atoms with E-state index in [4.69, 9.17) is 0 Å². The maximum Gasteiger partial charge on any atom is 0.573 e. The summed E-state index contributed by atoms with van der Waals surface area (Å²) >= 11 is 0. The van der Waals surface area contributed by atoms with Crippen molar-refractivity contribution < 1.29 is 32.4 Å². The van der Waals surface area contributed by atoms with Crippen molar-refractivity contribution in [3.05, 3.63) is 32.2 Å². The number of H-pyrrole nitrogens is 1. The van der Waals surface area contributed by atoms with Gasteiger partial charge in [-0.2, -0.15) is 0 Å². The van der Waals surface area contributed by atoms with Crippen LogP contribution >= 0.6 is 0 Å². The van der Waals surface area contributed by atoms with Crippen LogP contribution in [0.25, 0.3) is 0 Å². The Hall–Kier alpha value is -2.59. The Morgan fingerprint density at radius 2 is 2.10 bits per heavy atom. The molecule has 0 aliphatic carbocycles. The molecule has 0 aliphatic rings. The summed E-state index contributed by atoms with van der Waals surface area (Å²) in [6, 6.07) is 0. The Balaban J connectivity index is 3.52. The average Bonchev–Trinajstić information content (AvgIpc) is 2.26. The number of aromatic nitrogens is 1. The van der Waals surface area contributed by atoms with Crippen molar-refractivity contribution >= 4 is 11.7 Å². The Bertz CT molecular complexity index is 594. The van der Waals surface area contributed by atoms with E-state index in [1.165, 1.54) is 6.92 Å². The average molecular weight is 296 g/mol. The van der Waals surface area contributed by atoms with E-state index >= 15 is 0 Å². The standard InChI is InChI=1S/C9H7F3N2O6/c1-2-19-8(16)4-3-13-7(15)5(14(17)18)6(4)20-9(10,11)12/h3H,2H2,1H3,(H,13,15). The van der Waals surface area contributed by atoms with Crippen molar-refractivity contribution in [3.8, 4) is 5.75 Å². The molecule has 0 aliphatic heterocycles. The van der Waals surface area contributed by atoms with Crippen LogP contribution < -0.4 is 10.3 Å². The number of rotatable bonds is 4. The zero-order valence-electron chi connectivity index (χ0n) is 9.82. The molecule has 20 heavy (non-hydrogen) atoms. The van der Waals surface area contributed by atoms with Gasteiger partial charge in [-0.15, -0.1) is 13.2 Å². The second kappa shape index (κ2) is 5.59. The van der Waals surface area contributed by atoms with E-state index in [-0.39, 0.29) is 6.61 Å². The van der Waals surface area contributed by atoms with Gasteiger partial charge in [0.2, 0.25) is 5.75 Å². The molecule has 0 saturated carbocycles. The number of hydrogen-bond acceptors (Lipinski definition) is 6. The first-order valence-corrected chi connectivity index (χ1v) is 5.00. The number of carbonyl (C=O) groups excluding carboxylic acids is 1. The molecule has 1 rings (SSSR count). The summed E-state index contributed by atoms with van der Waals surface area (Å²) < 4.78 is 44.5. The first-order chi connectivity index (χ1) is 9.17. The Morgan fingerprint density at radius 3 is 2.55 bits per heavy atom. The van der Waals surface area contributed by atoms with E-state index in [1.807, 2.05) is 0 Å². The molecule has 0 radical (unpaired) electrons. The van der Waals surface area contributed by atoms with E-state index in [2.05, 4.69) is 9.47 Å². The first kappa shape index (κ1) is 15.5. The van der Waals surface area contributed by atoms with Crippen LogP contribution in [-0.2, 0) is 4.74 Å². The quantitative estimate of drug-likeness (QED) is 0.510. The zero-order valence-corrected chi connectivity index (χ0v) is 9.82. The molecule has 0 spiro atoms. The number of halogens is 3. The smallest absolute Gasteiger partial charge is 0.462 e. The number of aromatic amines is 1. The molecule has 110 valence electrons. The van der Waals surface area contributed by atoms with Crippen LogP contribution in [0.3, 0.4) is 0 Å². The lowest BCUT2D eigenvalue weighted by atomic mass is 10.2. The third kappa shape index (κ3) is 3.46. The SMILES string of the molecule is CCOC(=O)c1c[nH]c(=O)c([N+](=O)[O-])c1OC(F)(F)F. The van der Waals surface area contributed by atoms with Crippen LogP contribution in [0, 0.1) is 10.1 Å². The summed E-state index contributed by atoms with van der Waals surface area (Å²) in [5, 5.41) is 10.6. The molecular formula is C9H7F3N2O6. The number of carbonyl (C=O) groups is 1. The van der Waals surface area contributed by atoms with Gasteiger partial charge in [-0.05, 0) is 6.92 Å². The molecule has 0 atom stereocenters. The van der Waals surface area contributed by atoms with Crippen LogP contribution in [0.15, 0.2) is 11.0 Å². The minimum absolute atomic E-state index is 0.183. The predicted molar refractivity (Wildman–Crippen MR) is 56.4 cm³/mol. The maximum absolute atomic E-state index is 12.2. The fourth-order valence-corrected chi connectivity index (χ4v) is 1.25. The number of nitrogens with one attached hydrogen (secondary N) is 1. The number of hydrogen-bond donors (Lipinski definition) is 1. The molecule has 8 nitrogen and oxygen atoms in total. The van der Waals surface area contributed by atoms with Crippen molar-refractivity contribution in [1.82, 2.24) is 4.98 Å². The molecule has 0 fully saturated rings. The van der Waals surface area contributed by atoms with E-state index in [0.29, 0.717) is 6.20 Å². The highest BCUT2D eigenvalue weighted by molar-refractivity contribution is 5.93. The van der Waals surface area contributed by atoms with Gasteiger partial charge in [-0.25, -0.2) is 4.79 Å². The van der Waals surface area contributed by atoms with Gasteiger partial charge in [0, 0.05) is 6.20 Å². The maximum atomic E-state index is 12.2. The van der Waals surface area contributed by atoms with E-state index in [1.54, 1.807) is 4.98 Å². The van der Waals surface area contributed by atoms with Gasteiger partial charge >= 0.3 is 23.6 Å². The molecule has 0 bridgehead atoms. The normalized spacial score (nSPS) is 11.0. The Labute approximate surface area is 108 Å². The molecular weight excluding hydrogens is 289 g/mol. The molecule has 1 aromatic rings. The predicted octanol–water partition coefficient (Wildman–Crippen LogP) is 1.36. The summed E-state index contributed by atoms with van der Waals surface area (Å²) in [5.74, 6) is -2.81. The largest absolute Gasteiger partial charge is 0.573 e. The Morgan fingerprint density at radius 1 is 1.50 bits per heavy atom. The van der Waals surface area contributed by atoms with Crippen molar-refractivity contribution in [2.45, 2.75) is 13.3 Å². The lowest BCUT2D eigenvalue weighted by molar-refractivity contribution is -0.390. The Kier molecular flexibility index (Phi) is 4.32. The molecule has 0 unspecified atom stereocenters. The molecule has 1 N–H and O–H groups in total. The van der Waals surface area contributed by atoms with Gasteiger partial charge in [0.05, 0.1) is 11.5 Å². The lowest BCUT2D eigenvalue weighted by Gasteiger charge is -2.11. The van der Waals surface area contributed by atoms with Crippen LogP contribution in [0.5, 0.6) is 5.75 Å². The number of nitro groups is 1. The molecule has 0 saturated heterocycles. The number of ether oxygens (including phenoxy) is 2. The fraction of sp³-hybridized carbons (Fsp3) is 0.333. The second-order valence-corrected chi connectivity index (χ2v) is 3.23. The fourth-order valence-electron chi connectivity index (χ4n) is 1.25. The molecule has 0 amide bonds. The molecule has 1 heterocycles. The highest BCUT2D eigenvalue weighted by atomic mass is 19.4. The third-order valence-electron chi connectivity index (χ3n) is 1.92. The topological polar surface area (TPSA) is 112 Å². The van der Waals surface area contributed by atoms with Crippen LogP contribution in [0.4, 0.5) is 18.9 Å². The summed E-state index contributed by atoms with van der Waals surface area (Å²) in [7, 11) is 0. The van der Waals surface area contributed by atoms with Gasteiger partial charge in [0.25, 0.3) is 0 Å². The number of pyridine rings is 1. The number of esters is 1. The van der Waals surface area contributed by atoms with Crippen LogP contribution in [0.1, 0.15) is 17.3 Å². The third-order valence-corrected chi connectivity index (χ3v) is 1.92. The minimum Gasteiger partial charge on any atom is -0.462 e. The first-order valence-electron chi connectivity index (χ1n) is 5.00. The highest BCUT2D eigenvalue weighted by Crippen LogP contribution is 2.32. The lowest BCUT2D eigenvalue weighted by Crippen LogP contribution is -2.24. The van der Waals surface area contributed by atoms with Crippen molar-refractivity contribution in [2.75, 3.05) is 6.61 Å². The van der Waals surface area contributed by atoms with E-state index < -0.39 is 39.8 Å². The van der Waals surface area contributed by atoms with Gasteiger partial charge in [0.1, 0.15) is 5.56 Å². The van der Waals surface area contributed by atoms with Crippen LogP contribution in [0.2, 0.25) is 0 Å². The van der Waals surface area contributed by atoms with Crippen molar-refractivity contribution in [1.29, 1.82) is 0 Å². The highest BCUT2D eigenvalue weighted by Gasteiger charge is 2.39. The monoisotopic (exact) mass is 296 g/mol.